The van der Waals surface area contributed by atoms with Gasteiger partial charge in [0.25, 0.3) is 0 Å². The van der Waals surface area contributed by atoms with Crippen molar-refractivity contribution in [1.82, 2.24) is 0 Å². The minimum atomic E-state index is 0.781. The average molecular weight is 397 g/mol. The van der Waals surface area contributed by atoms with Crippen LogP contribution >= 0.6 is 0 Å². The van der Waals surface area contributed by atoms with Gasteiger partial charge in [-0.05, 0) is 87.2 Å². The highest BCUT2D eigenvalue weighted by Crippen LogP contribution is 2.33. The lowest BCUT2D eigenvalue weighted by Gasteiger charge is -2.26. The van der Waals surface area contributed by atoms with Gasteiger partial charge in [-0.15, -0.1) is 0 Å². The Morgan fingerprint density at radius 3 is 1.41 bits per heavy atom. The molecule has 0 heteroatoms. The van der Waals surface area contributed by atoms with Gasteiger partial charge in [-0.2, -0.15) is 0 Å². The van der Waals surface area contributed by atoms with E-state index in [2.05, 4.69) is 50.0 Å². The highest BCUT2D eigenvalue weighted by atomic mass is 14.2. The lowest BCUT2D eigenvalue weighted by molar-refractivity contribution is 0.289. The molecule has 0 aromatic rings. The van der Waals surface area contributed by atoms with E-state index in [1.165, 1.54) is 109 Å². The third-order valence-corrected chi connectivity index (χ3v) is 7.45. The molecule has 0 amide bonds. The van der Waals surface area contributed by atoms with Crippen molar-refractivity contribution in [3.8, 4) is 11.8 Å². The summed E-state index contributed by atoms with van der Waals surface area (Å²) in [6.45, 7) is 4.61. The van der Waals surface area contributed by atoms with E-state index in [1.807, 2.05) is 0 Å². The lowest BCUT2D eigenvalue weighted by Crippen LogP contribution is -2.13. The first kappa shape index (κ1) is 24.3. The van der Waals surface area contributed by atoms with Crippen LogP contribution in [0.1, 0.15) is 123 Å². The number of hydrogen-bond donors (Lipinski definition) is 0. The minimum Gasteiger partial charge on any atom is -0.0730 e. The van der Waals surface area contributed by atoms with Gasteiger partial charge in [0.15, 0.2) is 0 Å². The molecule has 0 unspecified atom stereocenters. The Hall–Kier alpha value is -0.960. The fourth-order valence-corrected chi connectivity index (χ4v) is 5.35. The topological polar surface area (TPSA) is 0 Å². The summed E-state index contributed by atoms with van der Waals surface area (Å²) in [5.74, 6) is 10.1. The Labute approximate surface area is 183 Å². The number of hydrogen-bond acceptors (Lipinski definition) is 0. The van der Waals surface area contributed by atoms with Gasteiger partial charge in [-0.3, -0.25) is 0 Å². The molecule has 29 heavy (non-hydrogen) atoms. The van der Waals surface area contributed by atoms with Gasteiger partial charge < -0.3 is 0 Å². The number of rotatable bonds is 11. The molecule has 2 rings (SSSR count). The smallest absolute Gasteiger partial charge is 0.0153 e. The second kappa shape index (κ2) is 15.8. The fraction of sp³-hybridized carbons (Fsp3) is 0.793. The van der Waals surface area contributed by atoms with Crippen molar-refractivity contribution in [3.63, 3.8) is 0 Å². The second-order valence-electron chi connectivity index (χ2n) is 9.91. The van der Waals surface area contributed by atoms with E-state index in [-0.39, 0.29) is 0 Å². The SMILES string of the molecule is CCCCCC[C@H]1CC[C@H](C=CC#CC=C[C@H]2CC[C@H](CCCCC)CC2)CC1. The van der Waals surface area contributed by atoms with Gasteiger partial charge in [-0.1, -0.05) is 95.6 Å². The van der Waals surface area contributed by atoms with Crippen molar-refractivity contribution in [1.29, 1.82) is 0 Å². The van der Waals surface area contributed by atoms with Crippen LogP contribution in [-0.2, 0) is 0 Å². The third kappa shape index (κ3) is 11.1. The van der Waals surface area contributed by atoms with E-state index in [9.17, 15) is 0 Å². The summed E-state index contributed by atoms with van der Waals surface area (Å²) < 4.78 is 0. The predicted octanol–water partition coefficient (Wildman–Crippen LogP) is 9.27. The van der Waals surface area contributed by atoms with Crippen molar-refractivity contribution in [3.05, 3.63) is 24.3 Å². The summed E-state index contributed by atoms with van der Waals surface area (Å²) in [7, 11) is 0. The molecule has 0 nitrogen and oxygen atoms in total. The summed E-state index contributed by atoms with van der Waals surface area (Å²) in [6, 6.07) is 0. The van der Waals surface area contributed by atoms with Crippen LogP contribution in [0.3, 0.4) is 0 Å². The molecule has 164 valence electrons. The molecule has 0 atom stereocenters. The zero-order valence-corrected chi connectivity index (χ0v) is 19.6. The van der Waals surface area contributed by atoms with Crippen LogP contribution in [0, 0.1) is 35.5 Å². The maximum Gasteiger partial charge on any atom is -0.0153 e. The normalized spacial score (nSPS) is 27.9. The van der Waals surface area contributed by atoms with Gasteiger partial charge in [0.1, 0.15) is 0 Å². The van der Waals surface area contributed by atoms with Gasteiger partial charge in [0.2, 0.25) is 0 Å². The van der Waals surface area contributed by atoms with Gasteiger partial charge in [0.05, 0.1) is 0 Å². The Kier molecular flexibility index (Phi) is 13.3. The third-order valence-electron chi connectivity index (χ3n) is 7.45. The number of unbranched alkanes of at least 4 members (excludes halogenated alkanes) is 5. The van der Waals surface area contributed by atoms with Crippen molar-refractivity contribution in [2.75, 3.05) is 0 Å². The van der Waals surface area contributed by atoms with Crippen LogP contribution in [0.4, 0.5) is 0 Å². The summed E-state index contributed by atoms with van der Waals surface area (Å²) in [6.07, 6.45) is 33.1. The molecule has 0 N–H and O–H groups in total. The molecule has 2 aliphatic carbocycles. The van der Waals surface area contributed by atoms with Crippen LogP contribution in [0.15, 0.2) is 24.3 Å². The highest BCUT2D eigenvalue weighted by molar-refractivity contribution is 5.24. The second-order valence-corrected chi connectivity index (χ2v) is 9.91. The van der Waals surface area contributed by atoms with E-state index in [0.717, 1.165) is 23.7 Å². The molecule has 0 aromatic heterocycles. The summed E-state index contributed by atoms with van der Waals surface area (Å²) in [5, 5.41) is 0. The molecule has 2 saturated carbocycles. The van der Waals surface area contributed by atoms with E-state index in [1.54, 1.807) is 0 Å². The first-order valence-corrected chi connectivity index (χ1v) is 13.2. The summed E-state index contributed by atoms with van der Waals surface area (Å²) in [4.78, 5) is 0. The predicted molar refractivity (Wildman–Crippen MR) is 130 cm³/mol. The maximum absolute atomic E-state index is 3.26. The Morgan fingerprint density at radius 1 is 0.552 bits per heavy atom. The van der Waals surface area contributed by atoms with Crippen LogP contribution in [0.25, 0.3) is 0 Å². The van der Waals surface area contributed by atoms with Gasteiger partial charge in [0, 0.05) is 0 Å². The molecular formula is C29H48. The molecule has 0 radical (unpaired) electrons. The Balaban J connectivity index is 1.54. The van der Waals surface area contributed by atoms with E-state index in [0.29, 0.717) is 0 Å². The average Bonchev–Trinajstić information content (AvgIpc) is 2.76. The van der Waals surface area contributed by atoms with Gasteiger partial charge >= 0.3 is 0 Å². The first-order valence-electron chi connectivity index (χ1n) is 13.2. The van der Waals surface area contributed by atoms with Gasteiger partial charge in [-0.25, -0.2) is 0 Å². The molecule has 0 spiro atoms. The van der Waals surface area contributed by atoms with Crippen LogP contribution < -0.4 is 0 Å². The molecule has 0 aliphatic heterocycles. The fourth-order valence-electron chi connectivity index (χ4n) is 5.35. The highest BCUT2D eigenvalue weighted by Gasteiger charge is 2.19. The zero-order chi connectivity index (χ0) is 20.6. The molecule has 0 heterocycles. The van der Waals surface area contributed by atoms with Crippen molar-refractivity contribution in [2.24, 2.45) is 23.7 Å². The zero-order valence-electron chi connectivity index (χ0n) is 19.6. The number of allylic oxidation sites excluding steroid dienone is 4. The Bertz CT molecular complexity index is 498. The largest absolute Gasteiger partial charge is 0.0730 e. The standard InChI is InChI=1S/C29H48/c1-3-5-7-11-15-27-22-24-29(25-23-27)17-13-9-8-12-16-28-20-18-26(19-21-28)14-10-6-4-2/h12-13,16-17,26-29H,3-7,10-11,14-15,18-25H2,1-2H3/t26-,27-,28-,29-. The molecular weight excluding hydrogens is 348 g/mol. The van der Waals surface area contributed by atoms with E-state index < -0.39 is 0 Å². The maximum atomic E-state index is 3.26. The molecule has 0 saturated heterocycles. The summed E-state index contributed by atoms with van der Waals surface area (Å²) in [5.41, 5.74) is 0. The van der Waals surface area contributed by atoms with Crippen molar-refractivity contribution in [2.45, 2.75) is 123 Å². The van der Waals surface area contributed by atoms with Crippen molar-refractivity contribution < 1.29 is 0 Å². The molecule has 2 aliphatic rings. The van der Waals surface area contributed by atoms with Crippen molar-refractivity contribution >= 4 is 0 Å². The summed E-state index contributed by atoms with van der Waals surface area (Å²) >= 11 is 0. The van der Waals surface area contributed by atoms with E-state index in [4.69, 9.17) is 0 Å². The van der Waals surface area contributed by atoms with E-state index >= 15 is 0 Å². The van der Waals surface area contributed by atoms with Crippen LogP contribution in [-0.4, -0.2) is 0 Å². The Morgan fingerprint density at radius 2 is 0.966 bits per heavy atom. The molecule has 2 fully saturated rings. The minimum absolute atomic E-state index is 0.781. The lowest BCUT2D eigenvalue weighted by atomic mass is 9.79. The molecule has 0 bridgehead atoms. The van der Waals surface area contributed by atoms with Crippen LogP contribution in [0.2, 0.25) is 0 Å². The quantitative estimate of drug-likeness (QED) is 0.241. The van der Waals surface area contributed by atoms with Crippen LogP contribution in [0.5, 0.6) is 0 Å². The first-order chi connectivity index (χ1) is 14.3. The molecule has 0 aromatic carbocycles. The monoisotopic (exact) mass is 396 g/mol.